The number of nitrogens with zero attached hydrogens (tertiary/aromatic N) is 2. The second kappa shape index (κ2) is 4.97. The highest BCUT2D eigenvalue weighted by Crippen LogP contribution is 2.19. The molecule has 1 aliphatic rings. The largest absolute Gasteiger partial charge is 0.393 e. The molecule has 0 aromatic rings. The Balaban J connectivity index is 2.48. The first-order valence-electron chi connectivity index (χ1n) is 4.98. The van der Waals surface area contributed by atoms with Crippen LogP contribution in [0.5, 0.6) is 0 Å². The molecule has 14 heavy (non-hydrogen) atoms. The summed E-state index contributed by atoms with van der Waals surface area (Å²) in [7, 11) is 0. The average molecular weight is 196 g/mol. The molecule has 4 heteroatoms. The van der Waals surface area contributed by atoms with E-state index in [0.29, 0.717) is 6.54 Å². The van der Waals surface area contributed by atoms with Gasteiger partial charge in [-0.05, 0) is 19.8 Å². The van der Waals surface area contributed by atoms with E-state index in [9.17, 15) is 9.90 Å². The number of aliphatic hydroxyl groups excluding tert-OH is 1. The molecule has 0 aromatic carbocycles. The lowest BCUT2D eigenvalue weighted by atomic mass is 9.93. The van der Waals surface area contributed by atoms with Crippen molar-refractivity contribution in [3.05, 3.63) is 0 Å². The summed E-state index contributed by atoms with van der Waals surface area (Å²) in [6, 6.07) is 1.86. The van der Waals surface area contributed by atoms with Gasteiger partial charge < -0.3 is 10.0 Å². The van der Waals surface area contributed by atoms with Gasteiger partial charge in [0, 0.05) is 19.0 Å². The summed E-state index contributed by atoms with van der Waals surface area (Å²) in [5, 5.41) is 17.8. The molecule has 1 aliphatic heterocycles. The molecule has 0 saturated carbocycles. The van der Waals surface area contributed by atoms with Crippen LogP contribution >= 0.6 is 0 Å². The summed E-state index contributed by atoms with van der Waals surface area (Å²) in [5.41, 5.74) is 0. The summed E-state index contributed by atoms with van der Waals surface area (Å²) in [6.45, 7) is 3.07. The van der Waals surface area contributed by atoms with Crippen molar-refractivity contribution < 1.29 is 9.90 Å². The summed E-state index contributed by atoms with van der Waals surface area (Å²) in [4.78, 5) is 13.1. The van der Waals surface area contributed by atoms with Gasteiger partial charge in [-0.1, -0.05) is 0 Å². The van der Waals surface area contributed by atoms with Crippen LogP contribution in [0.2, 0.25) is 0 Å². The van der Waals surface area contributed by atoms with Crippen LogP contribution in [-0.2, 0) is 4.79 Å². The van der Waals surface area contributed by atoms with Crippen LogP contribution in [0.3, 0.4) is 0 Å². The standard InChI is InChI=1S/C10H16N2O2/c1-8(13)9-3-2-6-12(7-9)10(14)4-5-11/h8-9,13H,2-4,6-7H2,1H3/t8-,9-/m0/s1. The third-order valence-corrected chi connectivity index (χ3v) is 2.72. The smallest absolute Gasteiger partial charge is 0.236 e. The zero-order valence-electron chi connectivity index (χ0n) is 8.44. The predicted molar refractivity (Wildman–Crippen MR) is 51.2 cm³/mol. The van der Waals surface area contributed by atoms with E-state index in [1.165, 1.54) is 0 Å². The fraction of sp³-hybridized carbons (Fsp3) is 0.800. The Bertz CT molecular complexity index is 245. The van der Waals surface area contributed by atoms with E-state index < -0.39 is 0 Å². The first kappa shape index (κ1) is 11.0. The summed E-state index contributed by atoms with van der Waals surface area (Å²) >= 11 is 0. The van der Waals surface area contributed by atoms with Crippen molar-refractivity contribution in [2.24, 2.45) is 5.92 Å². The summed E-state index contributed by atoms with van der Waals surface area (Å²) in [6.07, 6.45) is 1.47. The SMILES string of the molecule is C[C@H](O)[C@H]1CCCN(C(=O)CC#N)C1. The Morgan fingerprint density at radius 1 is 1.79 bits per heavy atom. The van der Waals surface area contributed by atoms with Gasteiger partial charge in [-0.3, -0.25) is 4.79 Å². The molecule has 1 amide bonds. The molecule has 0 aliphatic carbocycles. The predicted octanol–water partition coefficient (Wildman–Crippen LogP) is 0.519. The third-order valence-electron chi connectivity index (χ3n) is 2.72. The molecule has 1 heterocycles. The summed E-state index contributed by atoms with van der Waals surface area (Å²) in [5.74, 6) is 0.0595. The molecular weight excluding hydrogens is 180 g/mol. The first-order chi connectivity index (χ1) is 6.65. The molecule has 1 fully saturated rings. The van der Waals surface area contributed by atoms with Gasteiger partial charge >= 0.3 is 0 Å². The van der Waals surface area contributed by atoms with Gasteiger partial charge in [-0.25, -0.2) is 0 Å². The molecular formula is C10H16N2O2. The van der Waals surface area contributed by atoms with Crippen LogP contribution in [0.15, 0.2) is 0 Å². The van der Waals surface area contributed by atoms with E-state index in [1.54, 1.807) is 11.8 Å². The number of piperidine rings is 1. The molecule has 2 atom stereocenters. The number of nitriles is 1. The Kier molecular flexibility index (Phi) is 3.90. The van der Waals surface area contributed by atoms with Gasteiger partial charge in [0.25, 0.3) is 0 Å². The van der Waals surface area contributed by atoms with Crippen molar-refractivity contribution >= 4 is 5.91 Å². The van der Waals surface area contributed by atoms with E-state index >= 15 is 0 Å². The van der Waals surface area contributed by atoms with Crippen LogP contribution in [0.25, 0.3) is 0 Å². The second-order valence-electron chi connectivity index (χ2n) is 3.82. The number of rotatable bonds is 2. The highest BCUT2D eigenvalue weighted by Gasteiger charge is 2.25. The lowest BCUT2D eigenvalue weighted by Crippen LogP contribution is -2.42. The van der Waals surface area contributed by atoms with Crippen molar-refractivity contribution in [3.63, 3.8) is 0 Å². The zero-order chi connectivity index (χ0) is 10.6. The van der Waals surface area contributed by atoms with Crippen molar-refractivity contribution in [1.29, 1.82) is 5.26 Å². The molecule has 0 spiro atoms. The minimum Gasteiger partial charge on any atom is -0.393 e. The molecule has 0 aromatic heterocycles. The number of carbonyl (C=O) groups excluding carboxylic acids is 1. The fourth-order valence-electron chi connectivity index (χ4n) is 1.81. The number of hydrogen-bond donors (Lipinski definition) is 1. The number of aliphatic hydroxyl groups is 1. The Morgan fingerprint density at radius 3 is 3.07 bits per heavy atom. The van der Waals surface area contributed by atoms with Gasteiger partial charge in [0.2, 0.25) is 5.91 Å². The minimum absolute atomic E-state index is 0.0491. The van der Waals surface area contributed by atoms with Crippen molar-refractivity contribution in [2.75, 3.05) is 13.1 Å². The van der Waals surface area contributed by atoms with E-state index in [-0.39, 0.29) is 24.3 Å². The van der Waals surface area contributed by atoms with Crippen LogP contribution in [0, 0.1) is 17.2 Å². The van der Waals surface area contributed by atoms with Gasteiger partial charge in [0.05, 0.1) is 12.2 Å². The fourth-order valence-corrected chi connectivity index (χ4v) is 1.81. The maximum atomic E-state index is 11.4. The number of amides is 1. The third kappa shape index (κ3) is 2.71. The highest BCUT2D eigenvalue weighted by molar-refractivity contribution is 5.78. The number of likely N-dealkylation sites (tertiary alicyclic amines) is 1. The topological polar surface area (TPSA) is 64.3 Å². The molecule has 1 N–H and O–H groups in total. The molecule has 4 nitrogen and oxygen atoms in total. The Labute approximate surface area is 84.1 Å². The Morgan fingerprint density at radius 2 is 2.50 bits per heavy atom. The lowest BCUT2D eigenvalue weighted by Gasteiger charge is -2.33. The highest BCUT2D eigenvalue weighted by atomic mass is 16.3. The van der Waals surface area contributed by atoms with Gasteiger partial charge in [-0.2, -0.15) is 5.26 Å². The van der Waals surface area contributed by atoms with E-state index in [1.807, 2.05) is 6.07 Å². The van der Waals surface area contributed by atoms with E-state index in [2.05, 4.69) is 0 Å². The van der Waals surface area contributed by atoms with Crippen LogP contribution < -0.4 is 0 Å². The van der Waals surface area contributed by atoms with E-state index in [0.717, 1.165) is 19.4 Å². The summed E-state index contributed by atoms with van der Waals surface area (Å²) < 4.78 is 0. The molecule has 78 valence electrons. The molecule has 0 radical (unpaired) electrons. The molecule has 1 rings (SSSR count). The monoisotopic (exact) mass is 196 g/mol. The van der Waals surface area contributed by atoms with Crippen molar-refractivity contribution in [3.8, 4) is 6.07 Å². The molecule has 1 saturated heterocycles. The van der Waals surface area contributed by atoms with E-state index in [4.69, 9.17) is 5.26 Å². The van der Waals surface area contributed by atoms with Gasteiger partial charge in [0.15, 0.2) is 0 Å². The molecule has 0 bridgehead atoms. The van der Waals surface area contributed by atoms with Crippen LogP contribution in [0.1, 0.15) is 26.2 Å². The minimum atomic E-state index is -0.368. The normalized spacial score (nSPS) is 24.1. The van der Waals surface area contributed by atoms with Crippen LogP contribution in [0.4, 0.5) is 0 Å². The zero-order valence-corrected chi connectivity index (χ0v) is 8.44. The first-order valence-corrected chi connectivity index (χ1v) is 4.98. The maximum Gasteiger partial charge on any atom is 0.236 e. The van der Waals surface area contributed by atoms with Crippen molar-refractivity contribution in [2.45, 2.75) is 32.3 Å². The van der Waals surface area contributed by atoms with Crippen LogP contribution in [-0.4, -0.2) is 35.1 Å². The second-order valence-corrected chi connectivity index (χ2v) is 3.82. The van der Waals surface area contributed by atoms with Gasteiger partial charge in [0.1, 0.15) is 6.42 Å². The number of hydrogen-bond acceptors (Lipinski definition) is 3. The number of carbonyl (C=O) groups is 1. The maximum absolute atomic E-state index is 11.4. The lowest BCUT2D eigenvalue weighted by molar-refractivity contribution is -0.132. The quantitative estimate of drug-likeness (QED) is 0.700. The average Bonchev–Trinajstić information content (AvgIpc) is 2.18. The molecule has 0 unspecified atom stereocenters. The Hall–Kier alpha value is -1.08. The van der Waals surface area contributed by atoms with Crippen molar-refractivity contribution in [1.82, 2.24) is 4.90 Å². The van der Waals surface area contributed by atoms with Gasteiger partial charge in [-0.15, -0.1) is 0 Å².